The van der Waals surface area contributed by atoms with Gasteiger partial charge in [0, 0.05) is 19.7 Å². The molecular weight excluding hydrogens is 184 g/mol. The molecule has 0 aliphatic rings. The third-order valence-electron chi connectivity index (χ3n) is 1.62. The average molecular weight is 198 g/mol. The van der Waals surface area contributed by atoms with Gasteiger partial charge in [-0.3, -0.25) is 4.79 Å². The molecule has 1 amide bonds. The summed E-state index contributed by atoms with van der Waals surface area (Å²) in [4.78, 5) is 13.0. The van der Waals surface area contributed by atoms with Crippen molar-refractivity contribution >= 4 is 5.91 Å². The van der Waals surface area contributed by atoms with Crippen LogP contribution in [-0.4, -0.2) is 40.3 Å². The largest absolute Gasteiger partial charge is 0.389 e. The lowest BCUT2D eigenvalue weighted by molar-refractivity contribution is 0.0347. The lowest BCUT2D eigenvalue weighted by Gasteiger charge is -2.24. The van der Waals surface area contributed by atoms with E-state index in [0.29, 0.717) is 0 Å². The zero-order valence-corrected chi connectivity index (χ0v) is 8.52. The first-order valence-corrected chi connectivity index (χ1v) is 4.29. The van der Waals surface area contributed by atoms with Gasteiger partial charge in [0.15, 0.2) is 0 Å². The zero-order chi connectivity index (χ0) is 10.8. The summed E-state index contributed by atoms with van der Waals surface area (Å²) in [5.74, 6) is -0.110. The summed E-state index contributed by atoms with van der Waals surface area (Å²) >= 11 is 0. The molecule has 1 aromatic rings. The van der Waals surface area contributed by atoms with Crippen LogP contribution in [0, 0.1) is 0 Å². The van der Waals surface area contributed by atoms with Gasteiger partial charge < -0.3 is 14.5 Å². The minimum atomic E-state index is -0.912. The van der Waals surface area contributed by atoms with Crippen LogP contribution >= 0.6 is 0 Å². The molecule has 0 atom stereocenters. The molecule has 5 nitrogen and oxygen atoms in total. The van der Waals surface area contributed by atoms with Gasteiger partial charge in [0.05, 0.1) is 11.8 Å². The van der Waals surface area contributed by atoms with Gasteiger partial charge in [0.1, 0.15) is 0 Å². The van der Waals surface area contributed by atoms with Crippen molar-refractivity contribution < 1.29 is 14.4 Å². The molecule has 0 bridgehead atoms. The van der Waals surface area contributed by atoms with E-state index in [4.69, 9.17) is 4.52 Å². The monoisotopic (exact) mass is 198 g/mol. The van der Waals surface area contributed by atoms with E-state index in [0.717, 1.165) is 0 Å². The summed E-state index contributed by atoms with van der Waals surface area (Å²) < 4.78 is 4.71. The second kappa shape index (κ2) is 3.79. The molecule has 0 aliphatic heterocycles. The van der Waals surface area contributed by atoms with Gasteiger partial charge in [-0.1, -0.05) is 5.16 Å². The SMILES string of the molecule is CN(CC(C)(C)O)C(=O)c1ccno1. The minimum Gasteiger partial charge on any atom is -0.389 e. The number of likely N-dealkylation sites (N-methyl/N-ethyl adjacent to an activating group) is 1. The van der Waals surface area contributed by atoms with Crippen molar-refractivity contribution in [2.45, 2.75) is 19.4 Å². The highest BCUT2D eigenvalue weighted by atomic mass is 16.5. The Bertz CT molecular complexity index is 300. The number of amides is 1. The molecule has 0 aromatic carbocycles. The fourth-order valence-electron chi connectivity index (χ4n) is 1.17. The minimum absolute atomic E-state index is 0.178. The first-order valence-electron chi connectivity index (χ1n) is 4.29. The summed E-state index contributed by atoms with van der Waals surface area (Å²) in [6.45, 7) is 3.51. The number of rotatable bonds is 3. The zero-order valence-electron chi connectivity index (χ0n) is 8.52. The van der Waals surface area contributed by atoms with Crippen LogP contribution in [0.3, 0.4) is 0 Å². The van der Waals surface area contributed by atoms with Crippen LogP contribution in [0.2, 0.25) is 0 Å². The second-order valence-electron chi connectivity index (χ2n) is 3.85. The van der Waals surface area contributed by atoms with E-state index in [-0.39, 0.29) is 18.2 Å². The standard InChI is InChI=1S/C9H14N2O3/c1-9(2,13)6-11(3)8(12)7-4-5-10-14-7/h4-5,13H,6H2,1-3H3. The first kappa shape index (κ1) is 10.7. The van der Waals surface area contributed by atoms with E-state index >= 15 is 0 Å². The van der Waals surface area contributed by atoms with Crippen molar-refractivity contribution in [3.63, 3.8) is 0 Å². The van der Waals surface area contributed by atoms with Crippen LogP contribution in [0.15, 0.2) is 16.8 Å². The Balaban J connectivity index is 2.63. The van der Waals surface area contributed by atoms with Gasteiger partial charge in [-0.15, -0.1) is 0 Å². The fraction of sp³-hybridized carbons (Fsp3) is 0.556. The molecule has 14 heavy (non-hydrogen) atoms. The van der Waals surface area contributed by atoms with Crippen molar-refractivity contribution in [2.24, 2.45) is 0 Å². The predicted octanol–water partition coefficient (Wildman–Crippen LogP) is 0.518. The van der Waals surface area contributed by atoms with Crippen LogP contribution in [0.25, 0.3) is 0 Å². The summed E-state index contributed by atoms with van der Waals surface area (Å²) in [5.41, 5.74) is -0.912. The molecule has 1 rings (SSSR count). The molecule has 0 saturated heterocycles. The third-order valence-corrected chi connectivity index (χ3v) is 1.62. The van der Waals surface area contributed by atoms with E-state index in [2.05, 4.69) is 5.16 Å². The topological polar surface area (TPSA) is 66.6 Å². The van der Waals surface area contributed by atoms with E-state index in [1.54, 1.807) is 20.9 Å². The first-order chi connectivity index (χ1) is 6.40. The average Bonchev–Trinajstić information content (AvgIpc) is 2.51. The van der Waals surface area contributed by atoms with Gasteiger partial charge in [0.2, 0.25) is 5.76 Å². The Morgan fingerprint density at radius 2 is 2.36 bits per heavy atom. The van der Waals surface area contributed by atoms with Gasteiger partial charge >= 0.3 is 0 Å². The van der Waals surface area contributed by atoms with Crippen molar-refractivity contribution in [2.75, 3.05) is 13.6 Å². The number of aromatic nitrogens is 1. The molecule has 0 saturated carbocycles. The normalized spacial score (nSPS) is 11.4. The molecule has 0 fully saturated rings. The van der Waals surface area contributed by atoms with Crippen LogP contribution in [0.4, 0.5) is 0 Å². The highest BCUT2D eigenvalue weighted by Crippen LogP contribution is 2.07. The van der Waals surface area contributed by atoms with Crippen molar-refractivity contribution in [3.8, 4) is 0 Å². The molecule has 0 aliphatic carbocycles. The molecule has 5 heteroatoms. The van der Waals surface area contributed by atoms with Crippen molar-refractivity contribution in [1.29, 1.82) is 0 Å². The number of carbonyl (C=O) groups is 1. The second-order valence-corrected chi connectivity index (χ2v) is 3.85. The number of hydrogen-bond acceptors (Lipinski definition) is 4. The van der Waals surface area contributed by atoms with Gasteiger partial charge in [-0.25, -0.2) is 0 Å². The maximum atomic E-state index is 11.6. The van der Waals surface area contributed by atoms with Crippen LogP contribution < -0.4 is 0 Å². The van der Waals surface area contributed by atoms with Crippen LogP contribution in [0.1, 0.15) is 24.4 Å². The smallest absolute Gasteiger partial charge is 0.292 e. The van der Waals surface area contributed by atoms with E-state index in [9.17, 15) is 9.90 Å². The van der Waals surface area contributed by atoms with E-state index in [1.165, 1.54) is 17.2 Å². The fourth-order valence-corrected chi connectivity index (χ4v) is 1.17. The number of nitrogens with zero attached hydrogens (tertiary/aromatic N) is 2. The Hall–Kier alpha value is -1.36. The molecule has 1 aromatic heterocycles. The highest BCUT2D eigenvalue weighted by Gasteiger charge is 2.22. The quantitative estimate of drug-likeness (QED) is 0.768. The Labute approximate surface area is 82.3 Å². The van der Waals surface area contributed by atoms with E-state index in [1.807, 2.05) is 0 Å². The van der Waals surface area contributed by atoms with E-state index < -0.39 is 5.60 Å². The van der Waals surface area contributed by atoms with Crippen LogP contribution in [0.5, 0.6) is 0 Å². The predicted molar refractivity (Wildman–Crippen MR) is 49.8 cm³/mol. The van der Waals surface area contributed by atoms with Crippen molar-refractivity contribution in [1.82, 2.24) is 10.1 Å². The molecular formula is C9H14N2O3. The number of aliphatic hydroxyl groups is 1. The molecule has 0 radical (unpaired) electrons. The summed E-state index contributed by atoms with van der Waals surface area (Å²) in [6.07, 6.45) is 1.41. The molecule has 1 N–H and O–H groups in total. The lowest BCUT2D eigenvalue weighted by Crippen LogP contribution is -2.39. The van der Waals surface area contributed by atoms with Gasteiger partial charge in [-0.05, 0) is 13.8 Å². The molecule has 0 spiro atoms. The third kappa shape index (κ3) is 2.85. The van der Waals surface area contributed by atoms with Crippen LogP contribution in [-0.2, 0) is 0 Å². The van der Waals surface area contributed by atoms with Crippen molar-refractivity contribution in [3.05, 3.63) is 18.0 Å². The number of hydrogen-bond donors (Lipinski definition) is 1. The summed E-state index contributed by atoms with van der Waals surface area (Å²) in [6, 6.07) is 1.49. The Kier molecular flexibility index (Phi) is 2.90. The Morgan fingerprint density at radius 1 is 1.71 bits per heavy atom. The summed E-state index contributed by atoms with van der Waals surface area (Å²) in [5, 5.41) is 12.9. The highest BCUT2D eigenvalue weighted by molar-refractivity contribution is 5.91. The molecule has 1 heterocycles. The van der Waals surface area contributed by atoms with Gasteiger partial charge in [0.25, 0.3) is 5.91 Å². The summed E-state index contributed by atoms with van der Waals surface area (Å²) in [7, 11) is 1.60. The van der Waals surface area contributed by atoms with Gasteiger partial charge in [-0.2, -0.15) is 0 Å². The molecule has 78 valence electrons. The lowest BCUT2D eigenvalue weighted by atomic mass is 10.1. The Morgan fingerprint density at radius 3 is 2.79 bits per heavy atom. The maximum Gasteiger partial charge on any atom is 0.292 e. The molecule has 0 unspecified atom stereocenters. The number of carbonyl (C=O) groups excluding carboxylic acids is 1. The maximum absolute atomic E-state index is 11.6.